The van der Waals surface area contributed by atoms with Crippen molar-refractivity contribution in [3.63, 3.8) is 0 Å². The van der Waals surface area contributed by atoms with E-state index in [2.05, 4.69) is 26.2 Å². The molecular formula is C24H33N7O4. The Morgan fingerprint density at radius 3 is 2.34 bits per heavy atom. The van der Waals surface area contributed by atoms with Crippen LogP contribution in [-0.2, 0) is 16.0 Å². The Balaban J connectivity index is 2.11. The van der Waals surface area contributed by atoms with Crippen LogP contribution in [0.2, 0.25) is 0 Å². The van der Waals surface area contributed by atoms with E-state index in [1.54, 1.807) is 18.2 Å². The van der Waals surface area contributed by atoms with E-state index in [1.165, 1.54) is 0 Å². The molecule has 11 nitrogen and oxygen atoms in total. The number of carboxylic acid groups (broad SMARTS) is 1. The number of nitrogens with one attached hydrogen (secondary N) is 3. The minimum absolute atomic E-state index is 0.146. The number of amides is 3. The molecule has 0 radical (unpaired) electrons. The average Bonchev–Trinajstić information content (AvgIpc) is 2.81. The van der Waals surface area contributed by atoms with Gasteiger partial charge in [-0.05, 0) is 56.0 Å². The molecule has 0 saturated carbocycles. The van der Waals surface area contributed by atoms with Gasteiger partial charge in [-0.3, -0.25) is 10.1 Å². The van der Waals surface area contributed by atoms with Crippen LogP contribution < -0.4 is 27.4 Å². The highest BCUT2D eigenvalue weighted by molar-refractivity contribution is 5.90. The van der Waals surface area contributed by atoms with Crippen LogP contribution in [-0.4, -0.2) is 47.9 Å². The molecule has 0 aliphatic carbocycles. The fourth-order valence-corrected chi connectivity index (χ4v) is 3.28. The van der Waals surface area contributed by atoms with Crippen LogP contribution in [0.1, 0.15) is 29.5 Å². The van der Waals surface area contributed by atoms with Crippen molar-refractivity contribution in [2.75, 3.05) is 6.54 Å². The monoisotopic (exact) mass is 483 g/mol. The molecule has 0 bridgehead atoms. The molecule has 8 N–H and O–H groups in total. The molecule has 188 valence electrons. The van der Waals surface area contributed by atoms with Crippen molar-refractivity contribution in [2.24, 2.45) is 21.7 Å². The van der Waals surface area contributed by atoms with Crippen LogP contribution in [0.15, 0.2) is 58.8 Å². The molecule has 0 heterocycles. The van der Waals surface area contributed by atoms with Gasteiger partial charge in [-0.25, -0.2) is 9.59 Å². The van der Waals surface area contributed by atoms with E-state index in [0.717, 1.165) is 16.7 Å². The van der Waals surface area contributed by atoms with E-state index in [1.807, 2.05) is 44.2 Å². The number of carboxylic acids is 1. The molecule has 2 atom stereocenters. The predicted octanol–water partition coefficient (Wildman–Crippen LogP) is 1.85. The molecule has 2 aromatic carbocycles. The zero-order valence-electron chi connectivity index (χ0n) is 19.9. The zero-order chi connectivity index (χ0) is 25.8. The van der Waals surface area contributed by atoms with Crippen molar-refractivity contribution in [3.8, 4) is 0 Å². The number of carbonyl (C=O) groups excluding carboxylic acids is 2. The first-order valence-corrected chi connectivity index (χ1v) is 11.3. The summed E-state index contributed by atoms with van der Waals surface area (Å²) in [6.07, 6.45) is 0.00469. The van der Waals surface area contributed by atoms with Crippen LogP contribution in [0, 0.1) is 13.8 Å². The smallest absolute Gasteiger partial charge is 0.360 e. The predicted molar refractivity (Wildman–Crippen MR) is 132 cm³/mol. The van der Waals surface area contributed by atoms with E-state index in [9.17, 15) is 19.5 Å². The van der Waals surface area contributed by atoms with Gasteiger partial charge in [0.25, 0.3) is 0 Å². The van der Waals surface area contributed by atoms with Crippen molar-refractivity contribution in [3.05, 3.63) is 65.2 Å². The number of urea groups is 1. The van der Waals surface area contributed by atoms with Gasteiger partial charge in [0, 0.05) is 6.42 Å². The number of nitrogens with zero attached hydrogens (tertiary/aromatic N) is 2. The highest BCUT2D eigenvalue weighted by atomic mass is 16.4. The number of hydrogen-bond donors (Lipinski definition) is 6. The summed E-state index contributed by atoms with van der Waals surface area (Å²) in [5, 5.41) is 25.1. The molecule has 0 fully saturated rings. The van der Waals surface area contributed by atoms with Gasteiger partial charge in [-0.15, -0.1) is 5.11 Å². The maximum atomic E-state index is 13.0. The van der Waals surface area contributed by atoms with E-state index in [0.29, 0.717) is 18.7 Å². The molecule has 2 aromatic rings. The van der Waals surface area contributed by atoms with Crippen LogP contribution in [0.4, 0.5) is 10.5 Å². The highest BCUT2D eigenvalue weighted by Crippen LogP contribution is 2.21. The highest BCUT2D eigenvalue weighted by Gasteiger charge is 2.26. The van der Waals surface area contributed by atoms with Crippen LogP contribution in [0.3, 0.4) is 0 Å². The van der Waals surface area contributed by atoms with Gasteiger partial charge in [-0.1, -0.05) is 47.6 Å². The largest absolute Gasteiger partial charge is 0.480 e. The van der Waals surface area contributed by atoms with Gasteiger partial charge in [0.2, 0.25) is 5.91 Å². The van der Waals surface area contributed by atoms with E-state index < -0.39 is 36.3 Å². The topological polar surface area (TPSA) is 184 Å². The average molecular weight is 484 g/mol. The van der Waals surface area contributed by atoms with Gasteiger partial charge in [0.05, 0.1) is 5.69 Å². The number of carbonyl (C=O) groups is 3. The third kappa shape index (κ3) is 9.61. The molecule has 2 rings (SSSR count). The SMILES string of the molecule is Cc1cccc(/N=N/C(=O)NC(Cc2ccccc2)C(=O)NC(CCCNC(N)N)C(=O)O)c1C. The Morgan fingerprint density at radius 1 is 0.971 bits per heavy atom. The molecule has 0 aliphatic heterocycles. The lowest BCUT2D eigenvalue weighted by Gasteiger charge is -2.21. The summed E-state index contributed by atoms with van der Waals surface area (Å²) in [6, 6.07) is 11.5. The molecule has 0 aromatic heterocycles. The van der Waals surface area contributed by atoms with Gasteiger partial charge in [-0.2, -0.15) is 0 Å². The number of azo groups is 1. The zero-order valence-corrected chi connectivity index (χ0v) is 19.9. The van der Waals surface area contributed by atoms with Crippen LogP contribution in [0.25, 0.3) is 0 Å². The van der Waals surface area contributed by atoms with Crippen molar-refractivity contribution in [2.45, 2.75) is 51.5 Å². The molecule has 2 unspecified atom stereocenters. The summed E-state index contributed by atoms with van der Waals surface area (Å²) in [4.78, 5) is 37.2. The summed E-state index contributed by atoms with van der Waals surface area (Å²) >= 11 is 0. The quantitative estimate of drug-likeness (QED) is 0.151. The standard InChI is InChI=1S/C24H33N7O4/c1-15-8-6-11-18(16(15)2)30-31-24(35)29-20(14-17-9-4-3-5-10-17)21(32)28-19(22(33)34)12-7-13-27-23(25)26/h3-6,8-11,19-20,23,27H,7,12-14,25-26H2,1-2H3,(H,28,32)(H,29,35)(H,33,34)/b31-30+. The molecule has 0 saturated heterocycles. The minimum Gasteiger partial charge on any atom is -0.480 e. The first-order chi connectivity index (χ1) is 16.7. The molecule has 0 aliphatic rings. The number of hydrogen-bond acceptors (Lipinski definition) is 7. The lowest BCUT2D eigenvalue weighted by atomic mass is 10.0. The van der Waals surface area contributed by atoms with Crippen molar-refractivity contribution in [1.29, 1.82) is 0 Å². The second kappa shape index (κ2) is 13.9. The van der Waals surface area contributed by atoms with E-state index >= 15 is 0 Å². The number of rotatable bonds is 12. The lowest BCUT2D eigenvalue weighted by molar-refractivity contribution is -0.142. The van der Waals surface area contributed by atoms with Gasteiger partial charge >= 0.3 is 12.0 Å². The van der Waals surface area contributed by atoms with Gasteiger partial charge in [0.15, 0.2) is 0 Å². The lowest BCUT2D eigenvalue weighted by Crippen LogP contribution is -2.52. The van der Waals surface area contributed by atoms with Crippen molar-refractivity contribution in [1.82, 2.24) is 16.0 Å². The Morgan fingerprint density at radius 2 is 1.69 bits per heavy atom. The molecule has 0 spiro atoms. The second-order valence-electron chi connectivity index (χ2n) is 8.13. The molecule has 3 amide bonds. The third-order valence-electron chi connectivity index (χ3n) is 5.39. The van der Waals surface area contributed by atoms with Gasteiger partial charge in [0.1, 0.15) is 18.4 Å². The second-order valence-corrected chi connectivity index (χ2v) is 8.13. The van der Waals surface area contributed by atoms with Gasteiger partial charge < -0.3 is 27.2 Å². The Hall–Kier alpha value is -3.67. The molecular weight excluding hydrogens is 450 g/mol. The van der Waals surface area contributed by atoms with E-state index in [4.69, 9.17) is 11.5 Å². The van der Waals surface area contributed by atoms with Crippen molar-refractivity contribution >= 4 is 23.6 Å². The first-order valence-electron chi connectivity index (χ1n) is 11.3. The minimum atomic E-state index is -1.19. The fraction of sp³-hybridized carbons (Fsp3) is 0.375. The molecule has 11 heteroatoms. The first kappa shape index (κ1) is 27.6. The Kier molecular flexibility index (Phi) is 10.9. The number of nitrogens with two attached hydrogens (primary N) is 2. The normalized spacial score (nSPS) is 12.9. The summed E-state index contributed by atoms with van der Waals surface area (Å²) in [7, 11) is 0. The number of benzene rings is 2. The summed E-state index contributed by atoms with van der Waals surface area (Å²) in [5.41, 5.74) is 14.0. The molecule has 35 heavy (non-hydrogen) atoms. The number of aliphatic carboxylic acids is 1. The van der Waals surface area contributed by atoms with E-state index in [-0.39, 0.29) is 12.8 Å². The summed E-state index contributed by atoms with van der Waals surface area (Å²) in [6.45, 7) is 4.18. The van der Waals surface area contributed by atoms with Crippen LogP contribution in [0.5, 0.6) is 0 Å². The van der Waals surface area contributed by atoms with Crippen LogP contribution >= 0.6 is 0 Å². The van der Waals surface area contributed by atoms with Crippen molar-refractivity contribution < 1.29 is 19.5 Å². The summed E-state index contributed by atoms with van der Waals surface area (Å²) in [5.74, 6) is -1.82. The maximum Gasteiger partial charge on any atom is 0.360 e. The Labute approximate surface area is 204 Å². The number of aryl methyl sites for hydroxylation is 1. The third-order valence-corrected chi connectivity index (χ3v) is 5.39. The Bertz CT molecular complexity index is 1030. The fourth-order valence-electron chi connectivity index (χ4n) is 3.28. The maximum absolute atomic E-state index is 13.0. The summed E-state index contributed by atoms with van der Waals surface area (Å²) < 4.78 is 0.